The molecule has 25 heavy (non-hydrogen) atoms. The third-order valence-electron chi connectivity index (χ3n) is 3.99. The highest BCUT2D eigenvalue weighted by atomic mass is 32.1. The van der Waals surface area contributed by atoms with Crippen LogP contribution in [0.25, 0.3) is 15.9 Å². The molecule has 9 heteroatoms. The summed E-state index contributed by atoms with van der Waals surface area (Å²) in [6.07, 6.45) is 3.37. The van der Waals surface area contributed by atoms with E-state index in [9.17, 15) is 4.79 Å². The molecule has 0 unspecified atom stereocenters. The van der Waals surface area contributed by atoms with Crippen LogP contribution in [0.3, 0.4) is 0 Å². The standard InChI is InChI=1S/C16H16N6O2S/c1-4-24-16(23)13-10(3)12-14-19-11(7-21-9(2)5-6-18-21)20-22(14)8-17-15(12)25-13/h5-6,8H,4,7H2,1-3H3. The second kappa shape index (κ2) is 5.92. The Morgan fingerprint density at radius 1 is 1.36 bits per heavy atom. The van der Waals surface area contributed by atoms with Gasteiger partial charge in [-0.25, -0.2) is 19.3 Å². The van der Waals surface area contributed by atoms with Crippen molar-refractivity contribution in [1.82, 2.24) is 29.4 Å². The Morgan fingerprint density at radius 2 is 2.20 bits per heavy atom. The smallest absolute Gasteiger partial charge is 0.348 e. The van der Waals surface area contributed by atoms with Crippen molar-refractivity contribution in [2.75, 3.05) is 6.61 Å². The number of aromatic nitrogens is 6. The fraction of sp³-hybridized carbons (Fsp3) is 0.312. The van der Waals surface area contributed by atoms with Crippen molar-refractivity contribution in [1.29, 1.82) is 0 Å². The van der Waals surface area contributed by atoms with Gasteiger partial charge in [-0.05, 0) is 32.4 Å². The number of carbonyl (C=O) groups is 1. The summed E-state index contributed by atoms with van der Waals surface area (Å²) in [4.78, 5) is 22.5. The molecular weight excluding hydrogens is 340 g/mol. The van der Waals surface area contributed by atoms with Gasteiger partial charge < -0.3 is 4.74 Å². The maximum Gasteiger partial charge on any atom is 0.348 e. The first-order valence-corrected chi connectivity index (χ1v) is 8.69. The van der Waals surface area contributed by atoms with Gasteiger partial charge in [0, 0.05) is 11.9 Å². The lowest BCUT2D eigenvalue weighted by Crippen LogP contribution is -2.05. The second-order valence-electron chi connectivity index (χ2n) is 5.63. The van der Waals surface area contributed by atoms with E-state index >= 15 is 0 Å². The molecular formula is C16H16N6O2S. The molecule has 0 bridgehead atoms. The molecule has 0 N–H and O–H groups in total. The summed E-state index contributed by atoms with van der Waals surface area (Å²) >= 11 is 1.32. The average Bonchev–Trinajstić information content (AvgIpc) is 3.26. The molecule has 0 amide bonds. The SMILES string of the molecule is CCOC(=O)c1sc2ncn3nc(Cn4nccc4C)nc3c2c1C. The first-order valence-electron chi connectivity index (χ1n) is 7.87. The molecule has 0 saturated carbocycles. The fourth-order valence-corrected chi connectivity index (χ4v) is 3.77. The summed E-state index contributed by atoms with van der Waals surface area (Å²) in [5, 5.41) is 9.58. The lowest BCUT2D eigenvalue weighted by Gasteiger charge is -1.99. The maximum atomic E-state index is 12.1. The largest absolute Gasteiger partial charge is 0.462 e. The van der Waals surface area contributed by atoms with Crippen LogP contribution in [0.2, 0.25) is 0 Å². The number of ether oxygens (including phenoxy) is 1. The Hall–Kier alpha value is -2.81. The molecule has 0 aromatic carbocycles. The number of aryl methyl sites for hydroxylation is 2. The van der Waals surface area contributed by atoms with Gasteiger partial charge in [-0.1, -0.05) is 0 Å². The Bertz CT molecular complexity index is 1090. The van der Waals surface area contributed by atoms with Gasteiger partial charge in [-0.2, -0.15) is 5.10 Å². The number of hydrogen-bond donors (Lipinski definition) is 0. The molecule has 0 aliphatic carbocycles. The highest BCUT2D eigenvalue weighted by molar-refractivity contribution is 7.20. The Labute approximate surface area is 147 Å². The lowest BCUT2D eigenvalue weighted by atomic mass is 10.2. The zero-order chi connectivity index (χ0) is 17.6. The summed E-state index contributed by atoms with van der Waals surface area (Å²) in [6, 6.07) is 1.93. The minimum Gasteiger partial charge on any atom is -0.462 e. The Balaban J connectivity index is 1.83. The van der Waals surface area contributed by atoms with Crippen LogP contribution in [0, 0.1) is 13.8 Å². The van der Waals surface area contributed by atoms with Crippen LogP contribution in [0.15, 0.2) is 18.6 Å². The van der Waals surface area contributed by atoms with Crippen molar-refractivity contribution in [3.05, 3.63) is 40.5 Å². The molecule has 0 fully saturated rings. The summed E-state index contributed by atoms with van der Waals surface area (Å²) in [6.45, 7) is 6.48. The third-order valence-corrected chi connectivity index (χ3v) is 5.17. The molecule has 0 spiro atoms. The monoisotopic (exact) mass is 356 g/mol. The predicted molar refractivity (Wildman–Crippen MR) is 92.9 cm³/mol. The van der Waals surface area contributed by atoms with E-state index in [-0.39, 0.29) is 5.97 Å². The van der Waals surface area contributed by atoms with Crippen LogP contribution < -0.4 is 0 Å². The first kappa shape index (κ1) is 15.7. The van der Waals surface area contributed by atoms with Crippen molar-refractivity contribution in [3.63, 3.8) is 0 Å². The average molecular weight is 356 g/mol. The van der Waals surface area contributed by atoms with E-state index in [1.165, 1.54) is 11.3 Å². The van der Waals surface area contributed by atoms with Crippen molar-refractivity contribution < 1.29 is 9.53 Å². The third kappa shape index (κ3) is 2.56. The number of nitrogens with zero attached hydrogens (tertiary/aromatic N) is 6. The fourth-order valence-electron chi connectivity index (χ4n) is 2.73. The molecule has 4 aromatic heterocycles. The topological polar surface area (TPSA) is 87.2 Å². The van der Waals surface area contributed by atoms with E-state index in [1.807, 2.05) is 24.6 Å². The highest BCUT2D eigenvalue weighted by Crippen LogP contribution is 2.32. The quantitative estimate of drug-likeness (QED) is 0.522. The van der Waals surface area contributed by atoms with E-state index in [0.717, 1.165) is 21.5 Å². The van der Waals surface area contributed by atoms with Crippen LogP contribution in [-0.2, 0) is 11.3 Å². The van der Waals surface area contributed by atoms with Gasteiger partial charge in [0.1, 0.15) is 22.6 Å². The van der Waals surface area contributed by atoms with Crippen molar-refractivity contribution >= 4 is 33.2 Å². The number of rotatable bonds is 4. The van der Waals surface area contributed by atoms with E-state index < -0.39 is 0 Å². The first-order chi connectivity index (χ1) is 12.1. The van der Waals surface area contributed by atoms with Crippen LogP contribution >= 0.6 is 11.3 Å². The lowest BCUT2D eigenvalue weighted by molar-refractivity contribution is 0.0531. The van der Waals surface area contributed by atoms with Gasteiger partial charge in [-0.3, -0.25) is 4.68 Å². The number of hydrogen-bond acceptors (Lipinski definition) is 7. The molecule has 0 aliphatic heterocycles. The zero-order valence-electron chi connectivity index (χ0n) is 14.1. The summed E-state index contributed by atoms with van der Waals surface area (Å²) in [5.74, 6) is 0.317. The number of esters is 1. The van der Waals surface area contributed by atoms with Crippen LogP contribution in [0.5, 0.6) is 0 Å². The van der Waals surface area contributed by atoms with Crippen LogP contribution in [0.4, 0.5) is 0 Å². The normalized spacial score (nSPS) is 11.5. The van der Waals surface area contributed by atoms with Gasteiger partial charge in [-0.15, -0.1) is 16.4 Å². The summed E-state index contributed by atoms with van der Waals surface area (Å²) in [5.41, 5.74) is 2.55. The minimum absolute atomic E-state index is 0.326. The minimum atomic E-state index is -0.326. The van der Waals surface area contributed by atoms with Gasteiger partial charge in [0.05, 0.1) is 12.0 Å². The van der Waals surface area contributed by atoms with Crippen molar-refractivity contribution in [2.24, 2.45) is 0 Å². The van der Waals surface area contributed by atoms with Crippen LogP contribution in [-0.4, -0.2) is 41.9 Å². The molecule has 128 valence electrons. The summed E-state index contributed by atoms with van der Waals surface area (Å²) in [7, 11) is 0. The molecule has 4 rings (SSSR count). The van der Waals surface area contributed by atoms with E-state index in [2.05, 4.69) is 20.2 Å². The molecule has 0 aliphatic rings. The molecule has 8 nitrogen and oxygen atoms in total. The van der Waals surface area contributed by atoms with E-state index in [0.29, 0.717) is 29.5 Å². The highest BCUT2D eigenvalue weighted by Gasteiger charge is 2.21. The molecule has 0 atom stereocenters. The zero-order valence-corrected chi connectivity index (χ0v) is 14.9. The van der Waals surface area contributed by atoms with Gasteiger partial charge in [0.15, 0.2) is 11.5 Å². The predicted octanol–water partition coefficient (Wildman–Crippen LogP) is 2.38. The molecule has 4 heterocycles. The van der Waals surface area contributed by atoms with Crippen LogP contribution in [0.1, 0.15) is 33.7 Å². The molecule has 0 radical (unpaired) electrons. The number of carbonyl (C=O) groups excluding carboxylic acids is 1. The summed E-state index contributed by atoms with van der Waals surface area (Å²) < 4.78 is 8.61. The second-order valence-corrected chi connectivity index (χ2v) is 6.63. The van der Waals surface area contributed by atoms with E-state index in [1.54, 1.807) is 24.0 Å². The number of fused-ring (bicyclic) bond motifs is 3. The van der Waals surface area contributed by atoms with Crippen molar-refractivity contribution in [2.45, 2.75) is 27.3 Å². The Morgan fingerprint density at radius 3 is 2.92 bits per heavy atom. The van der Waals surface area contributed by atoms with Gasteiger partial charge >= 0.3 is 5.97 Å². The van der Waals surface area contributed by atoms with Crippen molar-refractivity contribution in [3.8, 4) is 0 Å². The molecule has 0 saturated heterocycles. The van der Waals surface area contributed by atoms with Gasteiger partial charge in [0.25, 0.3) is 0 Å². The maximum absolute atomic E-state index is 12.1. The molecule has 4 aromatic rings. The van der Waals surface area contributed by atoms with Gasteiger partial charge in [0.2, 0.25) is 0 Å². The number of thiophene rings is 1. The Kier molecular flexibility index (Phi) is 3.72. The van der Waals surface area contributed by atoms with E-state index in [4.69, 9.17) is 4.74 Å².